The van der Waals surface area contributed by atoms with Crippen LogP contribution in [0.1, 0.15) is 18.1 Å². The van der Waals surface area contributed by atoms with Crippen LogP contribution in [-0.2, 0) is 12.2 Å². The molecule has 1 aromatic carbocycles. The minimum atomic E-state index is -1.22. The summed E-state index contributed by atoms with van der Waals surface area (Å²) in [4.78, 5) is 0. The molecule has 12 heavy (non-hydrogen) atoms. The fourth-order valence-corrected chi connectivity index (χ4v) is 1.03. The maximum absolute atomic E-state index is 5.50. The predicted molar refractivity (Wildman–Crippen MR) is 50.1 cm³/mol. The third kappa shape index (κ3) is 2.04. The van der Waals surface area contributed by atoms with Crippen LogP contribution in [0.15, 0.2) is 24.3 Å². The van der Waals surface area contributed by atoms with Gasteiger partial charge >= 0.3 is 0 Å². The molecule has 0 unspecified atom stereocenters. The van der Waals surface area contributed by atoms with Crippen molar-refractivity contribution in [2.24, 2.45) is 17.2 Å². The summed E-state index contributed by atoms with van der Waals surface area (Å²) in [5.41, 5.74) is 18.5. The van der Waals surface area contributed by atoms with E-state index in [1.54, 1.807) is 0 Å². The normalized spacial score (nSPS) is 11.7. The van der Waals surface area contributed by atoms with E-state index in [-0.39, 0.29) is 0 Å². The Labute approximate surface area is 72.5 Å². The van der Waals surface area contributed by atoms with Crippen LogP contribution in [0.25, 0.3) is 0 Å². The molecule has 1 rings (SSSR count). The van der Waals surface area contributed by atoms with Crippen LogP contribution in [0.2, 0.25) is 0 Å². The molecule has 3 heteroatoms. The van der Waals surface area contributed by atoms with Crippen LogP contribution in [0.5, 0.6) is 0 Å². The van der Waals surface area contributed by atoms with E-state index >= 15 is 0 Å². The molecule has 0 heterocycles. The van der Waals surface area contributed by atoms with Gasteiger partial charge in [0.2, 0.25) is 0 Å². The van der Waals surface area contributed by atoms with Crippen molar-refractivity contribution in [2.75, 3.05) is 0 Å². The monoisotopic (exact) mass is 165 g/mol. The molecule has 3 nitrogen and oxygen atoms in total. The fraction of sp³-hybridized carbons (Fsp3) is 0.333. The van der Waals surface area contributed by atoms with E-state index in [1.165, 1.54) is 5.56 Å². The van der Waals surface area contributed by atoms with Crippen molar-refractivity contribution in [3.8, 4) is 0 Å². The zero-order chi connectivity index (χ0) is 9.19. The summed E-state index contributed by atoms with van der Waals surface area (Å²) in [7, 11) is 0. The Morgan fingerprint density at radius 2 is 1.58 bits per heavy atom. The molecule has 0 atom stereocenters. The Morgan fingerprint density at radius 3 is 1.92 bits per heavy atom. The minimum absolute atomic E-state index is 0.750. The predicted octanol–water partition coefficient (Wildman–Crippen LogP) is 0.235. The molecular weight excluding hydrogens is 150 g/mol. The van der Waals surface area contributed by atoms with Crippen molar-refractivity contribution in [1.82, 2.24) is 0 Å². The molecule has 66 valence electrons. The third-order valence-corrected chi connectivity index (χ3v) is 1.86. The van der Waals surface area contributed by atoms with Crippen LogP contribution in [0.4, 0.5) is 0 Å². The second-order valence-electron chi connectivity index (χ2n) is 2.98. The van der Waals surface area contributed by atoms with Gasteiger partial charge < -0.3 is 0 Å². The molecule has 0 aliphatic heterocycles. The van der Waals surface area contributed by atoms with E-state index in [9.17, 15) is 0 Å². The Morgan fingerprint density at radius 1 is 1.08 bits per heavy atom. The van der Waals surface area contributed by atoms with Gasteiger partial charge in [-0.1, -0.05) is 31.2 Å². The summed E-state index contributed by atoms with van der Waals surface area (Å²) in [6, 6.07) is 7.69. The van der Waals surface area contributed by atoms with Gasteiger partial charge in [0.25, 0.3) is 0 Å². The average molecular weight is 165 g/mol. The van der Waals surface area contributed by atoms with Crippen molar-refractivity contribution in [1.29, 1.82) is 0 Å². The maximum Gasteiger partial charge on any atom is 0.142 e. The second-order valence-corrected chi connectivity index (χ2v) is 2.98. The number of nitrogens with two attached hydrogens (primary N) is 3. The smallest absolute Gasteiger partial charge is 0.142 e. The van der Waals surface area contributed by atoms with Crippen molar-refractivity contribution in [3.05, 3.63) is 35.4 Å². The SMILES string of the molecule is CCc1ccc(C(N)(N)N)cc1. The number of hydrogen-bond acceptors (Lipinski definition) is 3. The van der Waals surface area contributed by atoms with E-state index in [2.05, 4.69) is 6.92 Å². The van der Waals surface area contributed by atoms with Gasteiger partial charge in [0, 0.05) is 5.56 Å². The largest absolute Gasteiger partial charge is 0.297 e. The lowest BCUT2D eigenvalue weighted by atomic mass is 10.1. The molecular formula is C9H15N3. The molecule has 0 spiro atoms. The lowest BCUT2D eigenvalue weighted by Gasteiger charge is -2.18. The van der Waals surface area contributed by atoms with Gasteiger partial charge in [-0.25, -0.2) is 0 Å². The van der Waals surface area contributed by atoms with Gasteiger partial charge in [0.15, 0.2) is 0 Å². The zero-order valence-corrected chi connectivity index (χ0v) is 7.25. The Bertz CT molecular complexity index is 245. The Hall–Kier alpha value is -0.900. The van der Waals surface area contributed by atoms with Crippen LogP contribution < -0.4 is 17.2 Å². The summed E-state index contributed by atoms with van der Waals surface area (Å²) in [6.07, 6.45) is 1.01. The molecule has 0 saturated carbocycles. The topological polar surface area (TPSA) is 78.1 Å². The highest BCUT2D eigenvalue weighted by Crippen LogP contribution is 2.09. The fourth-order valence-electron chi connectivity index (χ4n) is 1.03. The van der Waals surface area contributed by atoms with E-state index in [1.807, 2.05) is 24.3 Å². The molecule has 0 aliphatic carbocycles. The van der Waals surface area contributed by atoms with Gasteiger partial charge in [-0.05, 0) is 12.0 Å². The minimum Gasteiger partial charge on any atom is -0.297 e. The quantitative estimate of drug-likeness (QED) is 0.549. The molecule has 0 amide bonds. The molecule has 0 aromatic heterocycles. The van der Waals surface area contributed by atoms with Crippen LogP contribution in [0, 0.1) is 0 Å². The number of aryl methyl sites for hydroxylation is 1. The first-order valence-electron chi connectivity index (χ1n) is 4.00. The second kappa shape index (κ2) is 3.23. The van der Waals surface area contributed by atoms with E-state index in [0.717, 1.165) is 12.0 Å². The lowest BCUT2D eigenvalue weighted by molar-refractivity contribution is 0.488. The van der Waals surface area contributed by atoms with E-state index < -0.39 is 5.79 Å². The highest BCUT2D eigenvalue weighted by molar-refractivity contribution is 5.26. The average Bonchev–Trinajstić information content (AvgIpc) is 2.03. The van der Waals surface area contributed by atoms with Crippen molar-refractivity contribution in [3.63, 3.8) is 0 Å². The van der Waals surface area contributed by atoms with E-state index in [4.69, 9.17) is 17.2 Å². The van der Waals surface area contributed by atoms with Crippen LogP contribution in [0.3, 0.4) is 0 Å². The standard InChI is InChI=1S/C9H15N3/c1-2-7-3-5-8(6-4-7)9(10,11)12/h3-6H,2,10-12H2,1H3. The first kappa shape index (κ1) is 9.19. The van der Waals surface area contributed by atoms with Crippen molar-refractivity contribution in [2.45, 2.75) is 19.1 Å². The Kier molecular flexibility index (Phi) is 2.47. The van der Waals surface area contributed by atoms with Gasteiger partial charge in [0.1, 0.15) is 5.79 Å². The summed E-state index contributed by atoms with van der Waals surface area (Å²) in [5, 5.41) is 0. The molecule has 0 aliphatic rings. The van der Waals surface area contributed by atoms with Crippen LogP contribution >= 0.6 is 0 Å². The molecule has 6 N–H and O–H groups in total. The van der Waals surface area contributed by atoms with Crippen LogP contribution in [-0.4, -0.2) is 0 Å². The molecule has 0 radical (unpaired) electrons. The molecule has 0 saturated heterocycles. The number of hydrogen-bond donors (Lipinski definition) is 3. The van der Waals surface area contributed by atoms with Gasteiger partial charge in [-0.15, -0.1) is 0 Å². The van der Waals surface area contributed by atoms with E-state index in [0.29, 0.717) is 0 Å². The summed E-state index contributed by atoms with van der Waals surface area (Å²) in [5.74, 6) is -1.22. The lowest BCUT2D eigenvalue weighted by Crippen LogP contribution is -2.54. The zero-order valence-electron chi connectivity index (χ0n) is 7.25. The molecule has 1 aromatic rings. The highest BCUT2D eigenvalue weighted by atomic mass is 15.1. The number of benzene rings is 1. The van der Waals surface area contributed by atoms with Crippen molar-refractivity contribution >= 4 is 0 Å². The number of rotatable bonds is 2. The molecule has 0 fully saturated rings. The van der Waals surface area contributed by atoms with Gasteiger partial charge in [-0.2, -0.15) is 0 Å². The summed E-state index contributed by atoms with van der Waals surface area (Å²) < 4.78 is 0. The summed E-state index contributed by atoms with van der Waals surface area (Å²) in [6.45, 7) is 2.09. The van der Waals surface area contributed by atoms with Crippen molar-refractivity contribution < 1.29 is 0 Å². The van der Waals surface area contributed by atoms with Gasteiger partial charge in [0.05, 0.1) is 0 Å². The first-order chi connectivity index (χ1) is 5.54. The highest BCUT2D eigenvalue weighted by Gasteiger charge is 2.13. The first-order valence-corrected chi connectivity index (χ1v) is 4.00. The third-order valence-electron chi connectivity index (χ3n) is 1.86. The maximum atomic E-state index is 5.50. The molecule has 0 bridgehead atoms. The van der Waals surface area contributed by atoms with Gasteiger partial charge in [-0.3, -0.25) is 17.2 Å². The summed E-state index contributed by atoms with van der Waals surface area (Å²) >= 11 is 0. The Balaban J connectivity index is 2.93.